The Morgan fingerprint density at radius 2 is 0.443 bits per heavy atom. The van der Waals surface area contributed by atoms with Gasteiger partial charge in [-0.3, -0.25) is 0 Å². The molecule has 0 aromatic heterocycles. The molecule has 70 heavy (non-hydrogen) atoms. The molecule has 0 nitrogen and oxygen atoms in total. The monoisotopic (exact) mass is 882 g/mol. The van der Waals surface area contributed by atoms with Crippen LogP contribution in [0, 0.1) is 0 Å². The van der Waals surface area contributed by atoms with Gasteiger partial charge in [-0.05, 0) is 165 Å². The lowest BCUT2D eigenvalue weighted by molar-refractivity contribution is 1.58. The van der Waals surface area contributed by atoms with E-state index in [-0.39, 0.29) is 0 Å². The Kier molecular flexibility index (Phi) is 8.46. The van der Waals surface area contributed by atoms with Crippen LogP contribution in [0.3, 0.4) is 0 Å². The van der Waals surface area contributed by atoms with Crippen LogP contribution in [0.25, 0.3) is 153 Å². The number of rotatable bonds is 6. The van der Waals surface area contributed by atoms with E-state index < -0.39 is 0 Å². The molecular weight excluding hydrogens is 841 g/mol. The predicted molar refractivity (Wildman–Crippen MR) is 301 cm³/mol. The lowest BCUT2D eigenvalue weighted by Gasteiger charge is -2.17. The summed E-state index contributed by atoms with van der Waals surface area (Å²) in [5.74, 6) is 0. The van der Waals surface area contributed by atoms with Gasteiger partial charge >= 0.3 is 0 Å². The highest BCUT2D eigenvalue weighted by Gasteiger charge is 2.19. The summed E-state index contributed by atoms with van der Waals surface area (Å²) in [7, 11) is 0. The Balaban J connectivity index is 0.777. The van der Waals surface area contributed by atoms with Gasteiger partial charge in [-0.25, -0.2) is 0 Å². The summed E-state index contributed by atoms with van der Waals surface area (Å²) in [5.41, 5.74) is 14.9. The molecule has 0 heteroatoms. The molecule has 0 aliphatic heterocycles. The van der Waals surface area contributed by atoms with Gasteiger partial charge in [0.1, 0.15) is 0 Å². The van der Waals surface area contributed by atoms with E-state index >= 15 is 0 Å². The molecule has 15 aromatic rings. The fourth-order valence-corrected chi connectivity index (χ4v) is 12.1. The molecule has 0 unspecified atom stereocenters. The largest absolute Gasteiger partial charge is 0.0616 e. The molecule has 0 spiro atoms. The summed E-state index contributed by atoms with van der Waals surface area (Å²) in [6.07, 6.45) is 0. The van der Waals surface area contributed by atoms with E-state index in [0.29, 0.717) is 0 Å². The molecule has 322 valence electrons. The normalized spacial score (nSPS) is 12.0. The highest BCUT2D eigenvalue weighted by atomic mass is 14.2. The van der Waals surface area contributed by atoms with Gasteiger partial charge in [0.25, 0.3) is 0 Å². The predicted octanol–water partition coefficient (Wildman–Crippen LogP) is 19.8. The molecule has 0 amide bonds. The second-order valence-corrected chi connectivity index (χ2v) is 19.1. The first-order valence-electron chi connectivity index (χ1n) is 24.4. The van der Waals surface area contributed by atoms with Gasteiger partial charge in [0.2, 0.25) is 0 Å². The number of fused-ring (bicyclic) bond motifs is 2. The van der Waals surface area contributed by atoms with E-state index in [4.69, 9.17) is 0 Å². The maximum atomic E-state index is 2.36. The number of benzene rings is 15. The van der Waals surface area contributed by atoms with Crippen LogP contribution >= 0.6 is 0 Å². The van der Waals surface area contributed by atoms with Crippen molar-refractivity contribution >= 4 is 86.2 Å². The molecular formula is C70H42. The Morgan fingerprint density at radius 3 is 0.857 bits per heavy atom. The zero-order valence-electron chi connectivity index (χ0n) is 38.2. The van der Waals surface area contributed by atoms with Crippen molar-refractivity contribution in [2.75, 3.05) is 0 Å². The van der Waals surface area contributed by atoms with E-state index in [2.05, 4.69) is 255 Å². The SMILES string of the molecule is c1cc(-c2ccc(-c3cccc(-c4ccc5ccc6c(-c7cccc8ccccc78)ccc7ccc4c5c76)c3)cc2)cc(-c2ccc3ccc4c(-c5cccc6ccccc56)ccc5ccc2c3c54)c1. The molecule has 0 fully saturated rings. The highest BCUT2D eigenvalue weighted by Crippen LogP contribution is 2.46. The number of hydrogen-bond acceptors (Lipinski definition) is 0. The zero-order chi connectivity index (χ0) is 45.9. The van der Waals surface area contributed by atoms with Crippen molar-refractivity contribution in [1.82, 2.24) is 0 Å². The minimum atomic E-state index is 1.20. The van der Waals surface area contributed by atoms with Gasteiger partial charge in [0, 0.05) is 0 Å². The fourth-order valence-electron chi connectivity index (χ4n) is 12.1. The third-order valence-electron chi connectivity index (χ3n) is 15.4. The van der Waals surface area contributed by atoms with Gasteiger partial charge in [-0.2, -0.15) is 0 Å². The van der Waals surface area contributed by atoms with Crippen LogP contribution in [0.15, 0.2) is 255 Å². The molecule has 0 bridgehead atoms. The van der Waals surface area contributed by atoms with Crippen LogP contribution in [-0.4, -0.2) is 0 Å². The first kappa shape index (κ1) is 38.9. The van der Waals surface area contributed by atoms with E-state index in [1.165, 1.54) is 153 Å². The van der Waals surface area contributed by atoms with Gasteiger partial charge in [-0.1, -0.05) is 243 Å². The van der Waals surface area contributed by atoms with Crippen LogP contribution in [-0.2, 0) is 0 Å². The Bertz CT molecular complexity index is 4270. The third-order valence-corrected chi connectivity index (χ3v) is 15.4. The molecule has 0 atom stereocenters. The van der Waals surface area contributed by atoms with Crippen molar-refractivity contribution < 1.29 is 0 Å². The lowest BCUT2D eigenvalue weighted by atomic mass is 9.86. The van der Waals surface area contributed by atoms with E-state index in [1.807, 2.05) is 0 Å². The summed E-state index contributed by atoms with van der Waals surface area (Å²) in [5, 5.41) is 20.7. The average molecular weight is 883 g/mol. The molecule has 0 N–H and O–H groups in total. The molecule has 0 heterocycles. The Labute approximate surface area is 405 Å². The lowest BCUT2D eigenvalue weighted by Crippen LogP contribution is -1.90. The highest BCUT2D eigenvalue weighted by molar-refractivity contribution is 6.29. The van der Waals surface area contributed by atoms with Crippen molar-refractivity contribution in [2.45, 2.75) is 0 Å². The summed E-state index contributed by atoms with van der Waals surface area (Å²) in [6.45, 7) is 0. The van der Waals surface area contributed by atoms with Gasteiger partial charge < -0.3 is 0 Å². The summed E-state index contributed by atoms with van der Waals surface area (Å²) in [4.78, 5) is 0. The Morgan fingerprint density at radius 1 is 0.143 bits per heavy atom. The maximum absolute atomic E-state index is 2.36. The zero-order valence-corrected chi connectivity index (χ0v) is 38.2. The van der Waals surface area contributed by atoms with Crippen molar-refractivity contribution in [3.63, 3.8) is 0 Å². The van der Waals surface area contributed by atoms with Gasteiger partial charge in [-0.15, -0.1) is 0 Å². The summed E-state index contributed by atoms with van der Waals surface area (Å²) in [6, 6.07) is 95.1. The minimum Gasteiger partial charge on any atom is -0.0616 e. The van der Waals surface area contributed by atoms with Crippen LogP contribution < -0.4 is 0 Å². The molecule has 15 rings (SSSR count). The molecule has 0 saturated heterocycles. The molecule has 0 saturated carbocycles. The van der Waals surface area contributed by atoms with Gasteiger partial charge in [0.15, 0.2) is 0 Å². The van der Waals surface area contributed by atoms with Crippen molar-refractivity contribution in [2.24, 2.45) is 0 Å². The summed E-state index contributed by atoms with van der Waals surface area (Å²) < 4.78 is 0. The fraction of sp³-hybridized carbons (Fsp3) is 0. The van der Waals surface area contributed by atoms with Crippen molar-refractivity contribution in [3.8, 4) is 66.8 Å². The molecule has 15 aromatic carbocycles. The average Bonchev–Trinajstić information content (AvgIpc) is 3.43. The molecule has 0 radical (unpaired) electrons. The van der Waals surface area contributed by atoms with Crippen LogP contribution in [0.2, 0.25) is 0 Å². The van der Waals surface area contributed by atoms with Crippen molar-refractivity contribution in [3.05, 3.63) is 255 Å². The van der Waals surface area contributed by atoms with E-state index in [1.54, 1.807) is 0 Å². The Hall–Kier alpha value is -9.10. The molecule has 0 aliphatic carbocycles. The first-order chi connectivity index (χ1) is 34.7. The minimum absolute atomic E-state index is 1.20. The topological polar surface area (TPSA) is 0 Å². The van der Waals surface area contributed by atoms with Crippen molar-refractivity contribution in [1.29, 1.82) is 0 Å². The second-order valence-electron chi connectivity index (χ2n) is 19.1. The van der Waals surface area contributed by atoms with E-state index in [9.17, 15) is 0 Å². The van der Waals surface area contributed by atoms with Gasteiger partial charge in [0.05, 0.1) is 0 Å². The van der Waals surface area contributed by atoms with Crippen LogP contribution in [0.5, 0.6) is 0 Å². The quantitative estimate of drug-likeness (QED) is 0.146. The van der Waals surface area contributed by atoms with Crippen LogP contribution in [0.4, 0.5) is 0 Å². The maximum Gasteiger partial charge on any atom is -0.00203 e. The third kappa shape index (κ3) is 5.90. The molecule has 0 aliphatic rings. The number of hydrogen-bond donors (Lipinski definition) is 0. The second kappa shape index (κ2) is 15.2. The van der Waals surface area contributed by atoms with Crippen LogP contribution in [0.1, 0.15) is 0 Å². The van der Waals surface area contributed by atoms with E-state index in [0.717, 1.165) is 0 Å². The first-order valence-corrected chi connectivity index (χ1v) is 24.4. The smallest absolute Gasteiger partial charge is 0.00203 e. The summed E-state index contributed by atoms with van der Waals surface area (Å²) >= 11 is 0. The standard InChI is InChI=1S/C70H42/c1-3-17-55-45(9-1)11-7-19-59(55)61-35-27-49-29-37-63-57(33-25-47-31-39-65(61)69(49)67(47)63)53-15-5-13-51(41-53)43-21-23-44(24-22-43)52-14-6-16-54(42-52)58-34-26-48-32-40-66-62(36-28-50-30-38-64(58)68(48)70(50)66)60-20-8-12-46-10-2-4-18-56(46)60/h1-42H.